The molecule has 0 aromatic carbocycles. The van der Waals surface area contributed by atoms with Crippen LogP contribution >= 0.6 is 11.3 Å². The van der Waals surface area contributed by atoms with E-state index in [0.717, 1.165) is 37.1 Å². The first-order chi connectivity index (χ1) is 8.09. The molecule has 94 valence electrons. The van der Waals surface area contributed by atoms with Gasteiger partial charge in [-0.05, 0) is 43.6 Å². The van der Waals surface area contributed by atoms with E-state index in [9.17, 15) is 4.79 Å². The molecule has 1 amide bonds. The fourth-order valence-electron chi connectivity index (χ4n) is 2.37. The Kier molecular flexibility index (Phi) is 3.84. The normalized spacial score (nSPS) is 22.5. The number of aryl methyl sites for hydroxylation is 1. The third kappa shape index (κ3) is 2.69. The predicted octanol–water partition coefficient (Wildman–Crippen LogP) is 2.26. The summed E-state index contributed by atoms with van der Waals surface area (Å²) in [5.74, 6) is 0.626. The van der Waals surface area contributed by atoms with E-state index < -0.39 is 0 Å². The number of amides is 1. The van der Waals surface area contributed by atoms with Gasteiger partial charge < -0.3 is 10.6 Å². The van der Waals surface area contributed by atoms with Crippen LogP contribution in [0.3, 0.4) is 0 Å². The van der Waals surface area contributed by atoms with Crippen molar-refractivity contribution in [2.24, 2.45) is 11.7 Å². The number of piperidine rings is 1. The van der Waals surface area contributed by atoms with Crippen LogP contribution in [-0.4, -0.2) is 29.9 Å². The van der Waals surface area contributed by atoms with E-state index in [-0.39, 0.29) is 11.9 Å². The molecule has 0 radical (unpaired) electrons. The Morgan fingerprint density at radius 3 is 2.94 bits per heavy atom. The highest BCUT2D eigenvalue weighted by molar-refractivity contribution is 7.08. The van der Waals surface area contributed by atoms with Crippen molar-refractivity contribution in [3.63, 3.8) is 0 Å². The van der Waals surface area contributed by atoms with Gasteiger partial charge in [0.05, 0.1) is 5.56 Å². The van der Waals surface area contributed by atoms with Crippen molar-refractivity contribution in [3.05, 3.63) is 21.9 Å². The van der Waals surface area contributed by atoms with Gasteiger partial charge in [0.25, 0.3) is 5.91 Å². The first-order valence-electron chi connectivity index (χ1n) is 6.17. The zero-order valence-corrected chi connectivity index (χ0v) is 11.3. The highest BCUT2D eigenvalue weighted by Gasteiger charge is 2.27. The number of carbonyl (C=O) groups excluding carboxylic acids is 1. The van der Waals surface area contributed by atoms with Crippen molar-refractivity contribution in [2.45, 2.75) is 32.7 Å². The number of thiophene rings is 1. The lowest BCUT2D eigenvalue weighted by Crippen LogP contribution is -2.45. The Morgan fingerprint density at radius 2 is 2.35 bits per heavy atom. The van der Waals surface area contributed by atoms with E-state index >= 15 is 0 Å². The molecule has 2 rings (SSSR count). The SMILES string of the molecule is Cc1cscc1C(=O)N1CCC[C@@H]([C@H](C)N)C1. The minimum Gasteiger partial charge on any atom is -0.338 e. The predicted molar refractivity (Wildman–Crippen MR) is 71.3 cm³/mol. The lowest BCUT2D eigenvalue weighted by atomic mass is 9.92. The third-order valence-corrected chi connectivity index (χ3v) is 4.44. The monoisotopic (exact) mass is 252 g/mol. The van der Waals surface area contributed by atoms with Crippen LogP contribution in [0, 0.1) is 12.8 Å². The van der Waals surface area contributed by atoms with Crippen molar-refractivity contribution in [1.82, 2.24) is 4.90 Å². The first kappa shape index (κ1) is 12.6. The minimum atomic E-state index is 0.175. The molecule has 2 N–H and O–H groups in total. The Labute approximate surface area is 107 Å². The summed E-state index contributed by atoms with van der Waals surface area (Å²) in [4.78, 5) is 14.3. The van der Waals surface area contributed by atoms with Gasteiger partial charge >= 0.3 is 0 Å². The van der Waals surface area contributed by atoms with Crippen LogP contribution < -0.4 is 5.73 Å². The molecule has 1 aromatic rings. The third-order valence-electron chi connectivity index (χ3n) is 3.57. The van der Waals surface area contributed by atoms with Crippen LogP contribution in [-0.2, 0) is 0 Å². The van der Waals surface area contributed by atoms with Gasteiger partial charge in [0.2, 0.25) is 0 Å². The minimum absolute atomic E-state index is 0.175. The molecule has 2 heterocycles. The second-order valence-corrected chi connectivity index (χ2v) is 5.72. The Morgan fingerprint density at radius 1 is 1.59 bits per heavy atom. The molecule has 1 fully saturated rings. The number of carbonyl (C=O) groups is 1. The second-order valence-electron chi connectivity index (χ2n) is 4.98. The van der Waals surface area contributed by atoms with Crippen molar-refractivity contribution in [2.75, 3.05) is 13.1 Å². The first-order valence-corrected chi connectivity index (χ1v) is 7.11. The van der Waals surface area contributed by atoms with Crippen LogP contribution in [0.2, 0.25) is 0 Å². The standard InChI is InChI=1S/C13H20N2OS/c1-9-7-17-8-12(9)13(16)15-5-3-4-11(6-15)10(2)14/h7-8,10-11H,3-6,14H2,1-2H3/t10-,11+/m0/s1. The number of likely N-dealkylation sites (tertiary alicyclic amines) is 1. The molecule has 17 heavy (non-hydrogen) atoms. The van der Waals surface area contributed by atoms with Crippen molar-refractivity contribution in [1.29, 1.82) is 0 Å². The van der Waals surface area contributed by atoms with E-state index in [1.807, 2.05) is 29.5 Å². The largest absolute Gasteiger partial charge is 0.338 e. The molecule has 0 spiro atoms. The molecule has 1 aromatic heterocycles. The molecule has 4 heteroatoms. The molecule has 2 atom stereocenters. The molecule has 1 aliphatic rings. The van der Waals surface area contributed by atoms with E-state index in [1.165, 1.54) is 0 Å². The average Bonchev–Trinajstić information content (AvgIpc) is 2.74. The second kappa shape index (κ2) is 5.19. The van der Waals surface area contributed by atoms with E-state index in [4.69, 9.17) is 5.73 Å². The summed E-state index contributed by atoms with van der Waals surface area (Å²) in [5.41, 5.74) is 7.89. The maximum absolute atomic E-state index is 12.3. The molecule has 0 aliphatic carbocycles. The highest BCUT2D eigenvalue weighted by atomic mass is 32.1. The van der Waals surface area contributed by atoms with E-state index in [2.05, 4.69) is 0 Å². The fourth-order valence-corrected chi connectivity index (χ4v) is 3.20. The summed E-state index contributed by atoms with van der Waals surface area (Å²) >= 11 is 1.59. The number of nitrogens with zero attached hydrogens (tertiary/aromatic N) is 1. The van der Waals surface area contributed by atoms with Crippen molar-refractivity contribution < 1.29 is 4.79 Å². The summed E-state index contributed by atoms with van der Waals surface area (Å²) in [5, 5.41) is 3.98. The molecular weight excluding hydrogens is 232 g/mol. The lowest BCUT2D eigenvalue weighted by Gasteiger charge is -2.34. The van der Waals surface area contributed by atoms with Crippen LogP contribution in [0.4, 0.5) is 0 Å². The van der Waals surface area contributed by atoms with Gasteiger partial charge in [-0.3, -0.25) is 4.79 Å². The molecule has 0 saturated carbocycles. The number of rotatable bonds is 2. The summed E-state index contributed by atoms with van der Waals surface area (Å²) < 4.78 is 0. The van der Waals surface area contributed by atoms with E-state index in [0.29, 0.717) is 5.92 Å². The van der Waals surface area contributed by atoms with Gasteiger partial charge in [-0.1, -0.05) is 0 Å². The maximum atomic E-state index is 12.3. The quantitative estimate of drug-likeness (QED) is 0.877. The maximum Gasteiger partial charge on any atom is 0.254 e. The van der Waals surface area contributed by atoms with Crippen LogP contribution in [0.5, 0.6) is 0 Å². The van der Waals surface area contributed by atoms with Crippen LogP contribution in [0.15, 0.2) is 10.8 Å². The Bertz CT molecular complexity index is 400. The topological polar surface area (TPSA) is 46.3 Å². The van der Waals surface area contributed by atoms with Crippen LogP contribution in [0.1, 0.15) is 35.7 Å². The Balaban J connectivity index is 2.07. The summed E-state index contributed by atoms with van der Waals surface area (Å²) in [6, 6.07) is 0.175. The van der Waals surface area contributed by atoms with Crippen LogP contribution in [0.25, 0.3) is 0 Å². The van der Waals surface area contributed by atoms with Gasteiger partial charge in [0.1, 0.15) is 0 Å². The summed E-state index contributed by atoms with van der Waals surface area (Å²) in [6.45, 7) is 5.72. The van der Waals surface area contributed by atoms with Gasteiger partial charge in [-0.25, -0.2) is 0 Å². The average molecular weight is 252 g/mol. The van der Waals surface area contributed by atoms with Gasteiger partial charge in [-0.2, -0.15) is 11.3 Å². The summed E-state index contributed by atoms with van der Waals surface area (Å²) in [7, 11) is 0. The molecule has 0 unspecified atom stereocenters. The van der Waals surface area contributed by atoms with Crippen molar-refractivity contribution >= 4 is 17.2 Å². The van der Waals surface area contributed by atoms with Crippen molar-refractivity contribution in [3.8, 4) is 0 Å². The van der Waals surface area contributed by atoms with Gasteiger partial charge in [0, 0.05) is 24.5 Å². The smallest absolute Gasteiger partial charge is 0.254 e. The van der Waals surface area contributed by atoms with Gasteiger partial charge in [0.15, 0.2) is 0 Å². The molecule has 1 aliphatic heterocycles. The Hall–Kier alpha value is -0.870. The lowest BCUT2D eigenvalue weighted by molar-refractivity contribution is 0.0661. The number of hydrogen-bond acceptors (Lipinski definition) is 3. The summed E-state index contributed by atoms with van der Waals surface area (Å²) in [6.07, 6.45) is 2.21. The molecule has 1 saturated heterocycles. The van der Waals surface area contributed by atoms with Gasteiger partial charge in [-0.15, -0.1) is 0 Å². The molecular formula is C13H20N2OS. The zero-order chi connectivity index (χ0) is 12.4. The molecule has 0 bridgehead atoms. The molecule has 3 nitrogen and oxygen atoms in total. The highest BCUT2D eigenvalue weighted by Crippen LogP contribution is 2.22. The number of nitrogens with two attached hydrogens (primary N) is 1. The fraction of sp³-hybridized carbons (Fsp3) is 0.615. The zero-order valence-electron chi connectivity index (χ0n) is 10.5. The number of hydrogen-bond donors (Lipinski definition) is 1. The van der Waals surface area contributed by atoms with E-state index in [1.54, 1.807) is 11.3 Å².